The largest absolute Gasteiger partial charge is 0.487 e. The summed E-state index contributed by atoms with van der Waals surface area (Å²) < 4.78 is 35.5. The number of ether oxygens (including phenoxy) is 2. The van der Waals surface area contributed by atoms with Crippen molar-refractivity contribution >= 4 is 23.2 Å². The third kappa shape index (κ3) is 6.82. The first kappa shape index (κ1) is 23.3. The quantitative estimate of drug-likeness (QED) is 0.481. The van der Waals surface area contributed by atoms with Crippen LogP contribution < -0.4 is 14.8 Å². The van der Waals surface area contributed by atoms with E-state index in [1.165, 1.54) is 36.8 Å². The molecule has 32 heavy (non-hydrogen) atoms. The summed E-state index contributed by atoms with van der Waals surface area (Å²) in [5, 5.41) is 2.67. The van der Waals surface area contributed by atoms with Gasteiger partial charge in [-0.15, -0.1) is 8.78 Å². The van der Waals surface area contributed by atoms with Crippen molar-refractivity contribution in [3.8, 4) is 22.8 Å². The molecule has 0 aliphatic carbocycles. The number of benzene rings is 1. The highest BCUT2D eigenvalue weighted by atomic mass is 35.5. The fraction of sp³-hybridized carbons (Fsp3) is 0.238. The molecule has 3 aromatic rings. The molecule has 1 aromatic carbocycles. The van der Waals surface area contributed by atoms with Gasteiger partial charge in [-0.05, 0) is 44.4 Å². The maximum atomic E-state index is 12.7. The van der Waals surface area contributed by atoms with Gasteiger partial charge >= 0.3 is 5.57 Å². The molecule has 0 saturated heterocycles. The van der Waals surface area contributed by atoms with Crippen LogP contribution in [0.4, 0.5) is 14.5 Å². The summed E-state index contributed by atoms with van der Waals surface area (Å²) in [6.45, 7) is 1.09. The molecule has 0 radical (unpaired) electrons. The van der Waals surface area contributed by atoms with Crippen LogP contribution in [0.1, 0.15) is 10.4 Å². The van der Waals surface area contributed by atoms with Crippen LogP contribution in [-0.2, 0) is 0 Å². The van der Waals surface area contributed by atoms with E-state index < -0.39 is 11.5 Å². The summed E-state index contributed by atoms with van der Waals surface area (Å²) in [5.41, 5.74) is -1.99. The van der Waals surface area contributed by atoms with Gasteiger partial charge in [0.25, 0.3) is 5.91 Å². The van der Waals surface area contributed by atoms with Crippen molar-refractivity contribution in [1.82, 2.24) is 19.9 Å². The van der Waals surface area contributed by atoms with Gasteiger partial charge in [0.05, 0.1) is 5.56 Å². The monoisotopic (exact) mass is 463 g/mol. The number of aromatic nitrogens is 3. The van der Waals surface area contributed by atoms with Gasteiger partial charge in [0.2, 0.25) is 5.88 Å². The Balaban J connectivity index is 1.79. The number of carbonyl (C=O) groups is 1. The minimum absolute atomic E-state index is 0.143. The first-order chi connectivity index (χ1) is 15.2. The van der Waals surface area contributed by atoms with Gasteiger partial charge in [-0.3, -0.25) is 4.79 Å². The zero-order valence-electron chi connectivity index (χ0n) is 17.3. The standard InChI is InChI=1S/C21H20ClF2N5O3/c1-29(2)7-8-31-20-18(15-10-25-13-26-11-15)9-14(12-27-20)19(30)28-16-3-5-17(6-4-16)32-21(22,23)24/h3-6,9-13H,7-8H2,1-2H3,(H,28,30). The van der Waals surface area contributed by atoms with Crippen molar-refractivity contribution in [2.75, 3.05) is 32.6 Å². The third-order valence-corrected chi connectivity index (χ3v) is 4.19. The van der Waals surface area contributed by atoms with Crippen LogP contribution in [0.15, 0.2) is 55.2 Å². The number of anilines is 1. The zero-order valence-corrected chi connectivity index (χ0v) is 18.0. The third-order valence-electron chi connectivity index (χ3n) is 4.11. The lowest BCUT2D eigenvalue weighted by Crippen LogP contribution is -2.20. The molecule has 11 heteroatoms. The molecule has 2 heterocycles. The van der Waals surface area contributed by atoms with Crippen LogP contribution in [0.5, 0.6) is 11.6 Å². The lowest BCUT2D eigenvalue weighted by molar-refractivity contribution is -0.0964. The summed E-state index contributed by atoms with van der Waals surface area (Å²) in [6.07, 6.45) is 5.97. The van der Waals surface area contributed by atoms with Crippen molar-refractivity contribution in [2.24, 2.45) is 0 Å². The van der Waals surface area contributed by atoms with Crippen molar-refractivity contribution in [1.29, 1.82) is 0 Å². The number of hydrogen-bond donors (Lipinski definition) is 1. The van der Waals surface area contributed by atoms with Crippen LogP contribution in [0.25, 0.3) is 11.1 Å². The van der Waals surface area contributed by atoms with E-state index in [-0.39, 0.29) is 11.3 Å². The molecular formula is C21H20ClF2N5O3. The number of amides is 1. The molecule has 0 atom stereocenters. The second kappa shape index (κ2) is 10.3. The van der Waals surface area contributed by atoms with Crippen LogP contribution >= 0.6 is 11.6 Å². The maximum Gasteiger partial charge on any atom is 0.487 e. The van der Waals surface area contributed by atoms with Crippen molar-refractivity contribution < 1.29 is 23.0 Å². The maximum absolute atomic E-state index is 12.7. The summed E-state index contributed by atoms with van der Waals surface area (Å²) in [6, 6.07) is 6.97. The predicted octanol–water partition coefficient (Wildman–Crippen LogP) is 3.90. The van der Waals surface area contributed by atoms with Crippen LogP contribution in [0.3, 0.4) is 0 Å². The Labute approximate surface area is 188 Å². The summed E-state index contributed by atoms with van der Waals surface area (Å²) in [5.74, 6) is -0.247. The number of alkyl halides is 3. The molecule has 0 unspecified atom stereocenters. The minimum Gasteiger partial charge on any atom is -0.476 e. The molecule has 0 aliphatic rings. The van der Waals surface area contributed by atoms with Crippen molar-refractivity contribution in [3.05, 3.63) is 60.8 Å². The molecular weight excluding hydrogens is 444 g/mol. The van der Waals surface area contributed by atoms with Crippen LogP contribution in [0, 0.1) is 0 Å². The van der Waals surface area contributed by atoms with E-state index in [4.69, 9.17) is 16.3 Å². The molecule has 0 spiro atoms. The highest BCUT2D eigenvalue weighted by Crippen LogP contribution is 2.29. The van der Waals surface area contributed by atoms with E-state index in [0.717, 1.165) is 0 Å². The van der Waals surface area contributed by atoms with Crippen LogP contribution in [-0.4, -0.2) is 58.6 Å². The normalized spacial score (nSPS) is 11.3. The lowest BCUT2D eigenvalue weighted by atomic mass is 10.1. The fourth-order valence-corrected chi connectivity index (χ4v) is 2.69. The Morgan fingerprint density at radius 3 is 2.47 bits per heavy atom. The van der Waals surface area contributed by atoms with E-state index in [1.54, 1.807) is 18.5 Å². The fourth-order valence-electron chi connectivity index (χ4n) is 2.60. The van der Waals surface area contributed by atoms with E-state index in [0.29, 0.717) is 35.8 Å². The zero-order chi connectivity index (χ0) is 23.1. The molecule has 0 aliphatic heterocycles. The second-order valence-electron chi connectivity index (χ2n) is 6.88. The molecule has 2 aromatic heterocycles. The SMILES string of the molecule is CN(C)CCOc1ncc(C(=O)Nc2ccc(OC(F)(F)Cl)cc2)cc1-c1cncnc1. The number of carbonyl (C=O) groups excluding carboxylic acids is 1. The van der Waals surface area contributed by atoms with Crippen LogP contribution in [0.2, 0.25) is 0 Å². The predicted molar refractivity (Wildman–Crippen MR) is 115 cm³/mol. The van der Waals surface area contributed by atoms with Gasteiger partial charge in [0.15, 0.2) is 0 Å². The molecule has 8 nitrogen and oxygen atoms in total. The molecule has 0 fully saturated rings. The molecule has 0 saturated carbocycles. The van der Waals surface area contributed by atoms with Gasteiger partial charge in [-0.2, -0.15) is 0 Å². The Morgan fingerprint density at radius 1 is 1.16 bits per heavy atom. The number of likely N-dealkylation sites (N-methyl/N-ethyl adjacent to an activating group) is 1. The Morgan fingerprint density at radius 2 is 1.84 bits per heavy atom. The van der Waals surface area contributed by atoms with Crippen molar-refractivity contribution in [3.63, 3.8) is 0 Å². The molecule has 3 rings (SSSR count). The first-order valence-electron chi connectivity index (χ1n) is 9.41. The second-order valence-corrected chi connectivity index (χ2v) is 7.32. The minimum atomic E-state index is -3.82. The number of pyridine rings is 1. The van der Waals surface area contributed by atoms with Gasteiger partial charge in [0.1, 0.15) is 18.7 Å². The molecule has 168 valence electrons. The van der Waals surface area contributed by atoms with E-state index in [9.17, 15) is 13.6 Å². The number of rotatable bonds is 9. The topological polar surface area (TPSA) is 89.5 Å². The van der Waals surface area contributed by atoms with Gasteiger partial charge in [-0.25, -0.2) is 15.0 Å². The Kier molecular flexibility index (Phi) is 7.49. The summed E-state index contributed by atoms with van der Waals surface area (Å²) in [7, 11) is 3.85. The molecule has 0 bridgehead atoms. The van der Waals surface area contributed by atoms with Gasteiger partial charge in [-0.1, -0.05) is 0 Å². The molecule has 1 amide bonds. The van der Waals surface area contributed by atoms with Crippen molar-refractivity contribution in [2.45, 2.75) is 5.57 Å². The smallest absolute Gasteiger partial charge is 0.476 e. The number of hydrogen-bond acceptors (Lipinski definition) is 7. The Bertz CT molecular complexity index is 1050. The van der Waals surface area contributed by atoms with E-state index in [2.05, 4.69) is 25.0 Å². The van der Waals surface area contributed by atoms with Gasteiger partial charge in [0, 0.05) is 53.6 Å². The molecule has 1 N–H and O–H groups in total. The Hall–Kier alpha value is -3.37. The number of nitrogens with one attached hydrogen (secondary N) is 1. The van der Waals surface area contributed by atoms with Gasteiger partial charge < -0.3 is 19.7 Å². The summed E-state index contributed by atoms with van der Waals surface area (Å²) in [4.78, 5) is 27.0. The van der Waals surface area contributed by atoms with E-state index in [1.807, 2.05) is 19.0 Å². The number of halogens is 3. The highest BCUT2D eigenvalue weighted by molar-refractivity contribution is 6.20. The highest BCUT2D eigenvalue weighted by Gasteiger charge is 2.27. The number of nitrogens with zero attached hydrogens (tertiary/aromatic N) is 4. The lowest BCUT2D eigenvalue weighted by Gasteiger charge is -2.14. The average Bonchev–Trinajstić information content (AvgIpc) is 2.74. The summed E-state index contributed by atoms with van der Waals surface area (Å²) >= 11 is 4.74. The average molecular weight is 464 g/mol. The first-order valence-corrected chi connectivity index (χ1v) is 9.79. The van der Waals surface area contributed by atoms with E-state index >= 15 is 0 Å².